The third-order valence-electron chi connectivity index (χ3n) is 1.22. The molecule has 0 fully saturated rings. The number of H-pyrrole nitrogens is 1. The fraction of sp³-hybridized carbons (Fsp3) is 0.333. The van der Waals surface area contributed by atoms with Crippen LogP contribution in [-0.4, -0.2) is 21.3 Å². The van der Waals surface area contributed by atoms with E-state index >= 15 is 0 Å². The Kier molecular flexibility index (Phi) is 2.62. The van der Waals surface area contributed by atoms with E-state index in [1.807, 2.05) is 6.08 Å². The Bertz CT molecular complexity index is 285. The van der Waals surface area contributed by atoms with E-state index < -0.39 is 0 Å². The van der Waals surface area contributed by atoms with Gasteiger partial charge in [0.2, 0.25) is 0 Å². The van der Waals surface area contributed by atoms with E-state index in [-0.39, 0.29) is 5.69 Å². The average molecular weight is 154 g/mol. The van der Waals surface area contributed by atoms with Crippen LogP contribution >= 0.6 is 0 Å². The molecular weight excluding hydrogens is 144 g/mol. The van der Waals surface area contributed by atoms with Gasteiger partial charge in [-0.05, 0) is 0 Å². The third kappa shape index (κ3) is 2.05. The molecule has 0 unspecified atom stereocenters. The average Bonchev–Trinajstić information content (AvgIpc) is 2.37. The molecule has 0 amide bonds. The van der Waals surface area contributed by atoms with Crippen molar-refractivity contribution in [2.45, 2.75) is 6.54 Å². The molecule has 0 radical (unpaired) electrons. The van der Waals surface area contributed by atoms with Crippen LogP contribution in [0, 0.1) is 0 Å². The molecule has 0 aliphatic heterocycles. The summed E-state index contributed by atoms with van der Waals surface area (Å²) in [6.07, 6.45) is 5.06. The molecule has 0 saturated heterocycles. The van der Waals surface area contributed by atoms with Gasteiger partial charge in [0, 0.05) is 13.1 Å². The van der Waals surface area contributed by atoms with Crippen LogP contribution in [0.4, 0.5) is 0 Å². The molecular formula is C6H10N4O. The zero-order valence-corrected chi connectivity index (χ0v) is 6.03. The zero-order valence-electron chi connectivity index (χ0n) is 6.03. The standard InChI is InChI=1S/C6H10N4O/c7-3-1-2-4-10-5-8-9-6(10)11/h1-2,5H,3-4,7H2,(H,9,11)/b2-1+. The predicted molar refractivity (Wildman–Crippen MR) is 41.0 cm³/mol. The second-order valence-corrected chi connectivity index (χ2v) is 2.02. The van der Waals surface area contributed by atoms with Crippen molar-refractivity contribution in [3.63, 3.8) is 0 Å². The van der Waals surface area contributed by atoms with Gasteiger partial charge in [-0.15, -0.1) is 0 Å². The van der Waals surface area contributed by atoms with Crippen molar-refractivity contribution in [2.24, 2.45) is 5.73 Å². The summed E-state index contributed by atoms with van der Waals surface area (Å²) in [6, 6.07) is 0. The number of nitrogens with two attached hydrogens (primary N) is 1. The van der Waals surface area contributed by atoms with Gasteiger partial charge in [-0.25, -0.2) is 9.89 Å². The molecule has 0 bridgehead atoms. The van der Waals surface area contributed by atoms with Crippen LogP contribution in [0.1, 0.15) is 0 Å². The molecule has 0 aliphatic rings. The van der Waals surface area contributed by atoms with Crippen molar-refractivity contribution < 1.29 is 0 Å². The number of aromatic nitrogens is 3. The lowest BCUT2D eigenvalue weighted by atomic mass is 10.5. The zero-order chi connectivity index (χ0) is 8.10. The summed E-state index contributed by atoms with van der Waals surface area (Å²) in [5.74, 6) is 0. The topological polar surface area (TPSA) is 76.7 Å². The van der Waals surface area contributed by atoms with Crippen LogP contribution in [0.2, 0.25) is 0 Å². The Balaban J connectivity index is 2.58. The molecule has 60 valence electrons. The number of aromatic amines is 1. The summed E-state index contributed by atoms with van der Waals surface area (Å²) in [5.41, 5.74) is 5.01. The minimum absolute atomic E-state index is 0.202. The van der Waals surface area contributed by atoms with Gasteiger partial charge in [0.05, 0.1) is 0 Å². The van der Waals surface area contributed by atoms with Crippen molar-refractivity contribution in [2.75, 3.05) is 6.54 Å². The Morgan fingerprint density at radius 3 is 3.09 bits per heavy atom. The lowest BCUT2D eigenvalue weighted by Crippen LogP contribution is -2.15. The summed E-state index contributed by atoms with van der Waals surface area (Å²) in [7, 11) is 0. The normalized spacial score (nSPS) is 11.0. The summed E-state index contributed by atoms with van der Waals surface area (Å²) in [5, 5.41) is 5.85. The SMILES string of the molecule is NC/C=C/Cn1cn[nH]c1=O. The highest BCUT2D eigenvalue weighted by Crippen LogP contribution is 1.77. The van der Waals surface area contributed by atoms with E-state index in [2.05, 4.69) is 10.2 Å². The number of rotatable bonds is 3. The van der Waals surface area contributed by atoms with Crippen LogP contribution in [0.5, 0.6) is 0 Å². The highest BCUT2D eigenvalue weighted by Gasteiger charge is 1.90. The molecule has 1 aromatic rings. The number of nitrogens with one attached hydrogen (secondary N) is 1. The van der Waals surface area contributed by atoms with Crippen LogP contribution in [0.3, 0.4) is 0 Å². The van der Waals surface area contributed by atoms with Crippen LogP contribution in [0.25, 0.3) is 0 Å². The first-order chi connectivity index (χ1) is 5.34. The van der Waals surface area contributed by atoms with Crippen molar-refractivity contribution in [1.29, 1.82) is 0 Å². The van der Waals surface area contributed by atoms with Gasteiger partial charge < -0.3 is 5.73 Å². The molecule has 1 aromatic heterocycles. The summed E-state index contributed by atoms with van der Waals surface area (Å²) < 4.78 is 1.45. The third-order valence-corrected chi connectivity index (χ3v) is 1.22. The summed E-state index contributed by atoms with van der Waals surface area (Å²) in [6.45, 7) is 1.01. The van der Waals surface area contributed by atoms with Gasteiger partial charge in [0.25, 0.3) is 0 Å². The smallest absolute Gasteiger partial charge is 0.327 e. The number of hydrogen-bond acceptors (Lipinski definition) is 3. The molecule has 5 heteroatoms. The van der Waals surface area contributed by atoms with Crippen molar-refractivity contribution >= 4 is 0 Å². The first-order valence-electron chi connectivity index (χ1n) is 3.29. The number of allylic oxidation sites excluding steroid dienone is 1. The predicted octanol–water partition coefficient (Wildman–Crippen LogP) is -0.914. The maximum absolute atomic E-state index is 10.8. The van der Waals surface area contributed by atoms with Crippen molar-refractivity contribution in [3.8, 4) is 0 Å². The second-order valence-electron chi connectivity index (χ2n) is 2.02. The molecule has 0 atom stereocenters. The lowest BCUT2D eigenvalue weighted by Gasteiger charge is -1.89. The lowest BCUT2D eigenvalue weighted by molar-refractivity contribution is 0.779. The Morgan fingerprint density at radius 2 is 2.55 bits per heavy atom. The fourth-order valence-corrected chi connectivity index (χ4v) is 0.685. The van der Waals surface area contributed by atoms with E-state index in [1.165, 1.54) is 10.9 Å². The number of hydrogen-bond donors (Lipinski definition) is 2. The largest absolute Gasteiger partial charge is 0.343 e. The molecule has 0 aromatic carbocycles. The van der Waals surface area contributed by atoms with Crippen LogP contribution < -0.4 is 11.4 Å². The Labute approximate surface area is 63.5 Å². The monoisotopic (exact) mass is 154 g/mol. The Morgan fingerprint density at radius 1 is 1.73 bits per heavy atom. The molecule has 3 N–H and O–H groups in total. The second kappa shape index (κ2) is 3.72. The van der Waals surface area contributed by atoms with E-state index in [9.17, 15) is 4.79 Å². The quantitative estimate of drug-likeness (QED) is 0.553. The highest BCUT2D eigenvalue weighted by atomic mass is 16.1. The van der Waals surface area contributed by atoms with Crippen LogP contribution in [0.15, 0.2) is 23.3 Å². The molecule has 0 saturated carbocycles. The van der Waals surface area contributed by atoms with Gasteiger partial charge in [0.15, 0.2) is 0 Å². The molecule has 11 heavy (non-hydrogen) atoms. The van der Waals surface area contributed by atoms with Gasteiger partial charge in [0.1, 0.15) is 6.33 Å². The molecule has 1 rings (SSSR count). The molecule has 0 aliphatic carbocycles. The number of nitrogens with zero attached hydrogens (tertiary/aromatic N) is 2. The maximum atomic E-state index is 10.8. The summed E-state index contributed by atoms with van der Waals surface area (Å²) >= 11 is 0. The maximum Gasteiger partial charge on any atom is 0.343 e. The fourth-order valence-electron chi connectivity index (χ4n) is 0.685. The van der Waals surface area contributed by atoms with Gasteiger partial charge >= 0.3 is 5.69 Å². The van der Waals surface area contributed by atoms with Gasteiger partial charge in [-0.3, -0.25) is 4.57 Å². The first kappa shape index (κ1) is 7.74. The van der Waals surface area contributed by atoms with Crippen molar-refractivity contribution in [1.82, 2.24) is 14.8 Å². The van der Waals surface area contributed by atoms with E-state index in [4.69, 9.17) is 5.73 Å². The van der Waals surface area contributed by atoms with Gasteiger partial charge in [-0.2, -0.15) is 5.10 Å². The first-order valence-corrected chi connectivity index (χ1v) is 3.29. The van der Waals surface area contributed by atoms with E-state index in [0.717, 1.165) is 0 Å². The van der Waals surface area contributed by atoms with Crippen molar-refractivity contribution in [3.05, 3.63) is 29.0 Å². The minimum Gasteiger partial charge on any atom is -0.327 e. The Hall–Kier alpha value is -1.36. The van der Waals surface area contributed by atoms with Gasteiger partial charge in [-0.1, -0.05) is 12.2 Å². The molecule has 0 spiro atoms. The molecule has 5 nitrogen and oxygen atoms in total. The van der Waals surface area contributed by atoms with E-state index in [0.29, 0.717) is 13.1 Å². The summed E-state index contributed by atoms with van der Waals surface area (Å²) in [4.78, 5) is 10.8. The highest BCUT2D eigenvalue weighted by molar-refractivity contribution is 4.83. The van der Waals surface area contributed by atoms with Crippen LogP contribution in [-0.2, 0) is 6.54 Å². The molecule has 1 heterocycles. The minimum atomic E-state index is -0.202. The van der Waals surface area contributed by atoms with E-state index in [1.54, 1.807) is 6.08 Å².